The Morgan fingerprint density at radius 2 is 2.12 bits per heavy atom. The van der Waals surface area contributed by atoms with E-state index < -0.39 is 21.8 Å². The van der Waals surface area contributed by atoms with Gasteiger partial charge in [0.25, 0.3) is 5.91 Å². The molecule has 10 heteroatoms. The van der Waals surface area contributed by atoms with E-state index in [2.05, 4.69) is 5.32 Å². The predicted octanol–water partition coefficient (Wildman–Crippen LogP) is 0.834. The topological polar surface area (TPSA) is 102 Å². The number of sulfone groups is 1. The molecule has 0 aromatic heterocycles. The van der Waals surface area contributed by atoms with Crippen molar-refractivity contribution in [3.63, 3.8) is 0 Å². The molecule has 1 N–H and O–H groups in total. The average Bonchev–Trinajstić information content (AvgIpc) is 3.18. The normalized spacial score (nSPS) is 20.0. The minimum atomic E-state index is -3.08. The molecule has 0 saturated carbocycles. The zero-order chi connectivity index (χ0) is 18.9. The number of carbonyl (C=O) groups is 2. The minimum absolute atomic E-state index is 0.0386. The van der Waals surface area contributed by atoms with E-state index in [-0.39, 0.29) is 41.3 Å². The Bertz CT molecular complexity index is 841. The third-order valence-corrected chi connectivity index (χ3v) is 6.32. The minimum Gasteiger partial charge on any atom is -0.454 e. The van der Waals surface area contributed by atoms with Crippen LogP contribution in [0.15, 0.2) is 12.1 Å². The SMILES string of the molecule is CCN(CC(=O)N[C@H]1CCS(=O)(=O)C1)C(=O)c1cc(Cl)c2c(c1)OCO2. The molecule has 0 aliphatic carbocycles. The van der Waals surface area contributed by atoms with E-state index in [0.717, 1.165) is 0 Å². The first-order valence-corrected chi connectivity index (χ1v) is 10.4. The summed E-state index contributed by atoms with van der Waals surface area (Å²) in [6.45, 7) is 1.93. The Morgan fingerprint density at radius 3 is 2.77 bits per heavy atom. The highest BCUT2D eigenvalue weighted by Crippen LogP contribution is 2.40. The monoisotopic (exact) mass is 402 g/mol. The Hall–Kier alpha value is -2.00. The molecule has 8 nitrogen and oxygen atoms in total. The number of rotatable bonds is 5. The fraction of sp³-hybridized carbons (Fsp3) is 0.500. The second kappa shape index (κ2) is 7.32. The summed E-state index contributed by atoms with van der Waals surface area (Å²) in [5.74, 6) is 0.0284. The molecule has 2 heterocycles. The Balaban J connectivity index is 1.66. The number of likely N-dealkylation sites (N-methyl/N-ethyl adjacent to an activating group) is 1. The number of hydrogen-bond donors (Lipinski definition) is 1. The molecular weight excluding hydrogens is 384 g/mol. The molecule has 1 aromatic carbocycles. The lowest BCUT2D eigenvalue weighted by Crippen LogP contribution is -2.44. The molecule has 0 bridgehead atoms. The first-order chi connectivity index (χ1) is 12.3. The van der Waals surface area contributed by atoms with Gasteiger partial charge in [0.15, 0.2) is 21.3 Å². The van der Waals surface area contributed by atoms with Gasteiger partial charge in [-0.1, -0.05) is 11.6 Å². The molecule has 0 spiro atoms. The van der Waals surface area contributed by atoms with Gasteiger partial charge >= 0.3 is 0 Å². The van der Waals surface area contributed by atoms with E-state index in [9.17, 15) is 18.0 Å². The van der Waals surface area contributed by atoms with Gasteiger partial charge in [-0.15, -0.1) is 0 Å². The van der Waals surface area contributed by atoms with Crippen molar-refractivity contribution in [3.8, 4) is 11.5 Å². The van der Waals surface area contributed by atoms with E-state index in [4.69, 9.17) is 21.1 Å². The first kappa shape index (κ1) is 18.8. The van der Waals surface area contributed by atoms with E-state index in [1.165, 1.54) is 17.0 Å². The summed E-state index contributed by atoms with van der Waals surface area (Å²) >= 11 is 6.10. The first-order valence-electron chi connectivity index (χ1n) is 8.17. The van der Waals surface area contributed by atoms with Gasteiger partial charge in [-0.25, -0.2) is 8.42 Å². The number of benzene rings is 1. The number of ether oxygens (including phenoxy) is 2. The summed E-state index contributed by atoms with van der Waals surface area (Å²) < 4.78 is 33.4. The Morgan fingerprint density at radius 1 is 1.35 bits per heavy atom. The highest BCUT2D eigenvalue weighted by Gasteiger charge is 2.30. The van der Waals surface area contributed by atoms with Gasteiger partial charge in [0.1, 0.15) is 0 Å². The summed E-state index contributed by atoms with van der Waals surface area (Å²) in [6, 6.07) is 2.60. The van der Waals surface area contributed by atoms with Gasteiger partial charge in [0.2, 0.25) is 12.7 Å². The van der Waals surface area contributed by atoms with Gasteiger partial charge in [0.05, 0.1) is 23.1 Å². The van der Waals surface area contributed by atoms with Crippen LogP contribution in [0.1, 0.15) is 23.7 Å². The molecule has 2 amide bonds. The summed E-state index contributed by atoms with van der Waals surface area (Å²) in [6.07, 6.45) is 0.395. The summed E-state index contributed by atoms with van der Waals surface area (Å²) in [7, 11) is -3.08. The van der Waals surface area contributed by atoms with Gasteiger partial charge in [0, 0.05) is 18.2 Å². The molecule has 1 fully saturated rings. The molecule has 1 atom stereocenters. The molecule has 0 radical (unpaired) electrons. The van der Waals surface area contributed by atoms with Crippen molar-refractivity contribution in [2.24, 2.45) is 0 Å². The highest BCUT2D eigenvalue weighted by atomic mass is 35.5. The van der Waals surface area contributed by atoms with Gasteiger partial charge < -0.3 is 19.7 Å². The third kappa shape index (κ3) is 4.04. The quantitative estimate of drug-likeness (QED) is 0.782. The lowest BCUT2D eigenvalue weighted by Gasteiger charge is -2.22. The van der Waals surface area contributed by atoms with E-state index in [1.807, 2.05) is 0 Å². The predicted molar refractivity (Wildman–Crippen MR) is 94.4 cm³/mol. The van der Waals surface area contributed by atoms with E-state index >= 15 is 0 Å². The summed E-state index contributed by atoms with van der Waals surface area (Å²) in [5, 5.41) is 2.94. The molecule has 2 aliphatic rings. The van der Waals surface area contributed by atoms with Crippen LogP contribution in [0, 0.1) is 0 Å². The molecule has 1 aromatic rings. The average molecular weight is 403 g/mol. The molecular formula is C16H19ClN2O6S. The van der Waals surface area contributed by atoms with E-state index in [1.54, 1.807) is 6.92 Å². The molecule has 1 saturated heterocycles. The molecule has 2 aliphatic heterocycles. The van der Waals surface area contributed by atoms with Crippen molar-refractivity contribution in [1.29, 1.82) is 0 Å². The fourth-order valence-corrected chi connectivity index (χ4v) is 4.89. The van der Waals surface area contributed by atoms with Crippen molar-refractivity contribution in [1.82, 2.24) is 10.2 Å². The highest BCUT2D eigenvalue weighted by molar-refractivity contribution is 7.91. The van der Waals surface area contributed by atoms with Crippen molar-refractivity contribution >= 4 is 33.3 Å². The maximum atomic E-state index is 12.7. The maximum Gasteiger partial charge on any atom is 0.254 e. The van der Waals surface area contributed by atoms with Gasteiger partial charge in [-0.3, -0.25) is 9.59 Å². The number of nitrogens with one attached hydrogen (secondary N) is 1. The molecule has 0 unspecified atom stereocenters. The van der Waals surface area contributed by atoms with Crippen LogP contribution >= 0.6 is 11.6 Å². The summed E-state index contributed by atoms with van der Waals surface area (Å²) in [4.78, 5) is 26.3. The number of carbonyl (C=O) groups excluding carboxylic acids is 2. The van der Waals surface area contributed by atoms with Crippen molar-refractivity contribution in [2.45, 2.75) is 19.4 Å². The number of hydrogen-bond acceptors (Lipinski definition) is 6. The third-order valence-electron chi connectivity index (χ3n) is 4.28. The van der Waals surface area contributed by atoms with Gasteiger partial charge in [-0.2, -0.15) is 0 Å². The van der Waals surface area contributed by atoms with Crippen LogP contribution in [0.25, 0.3) is 0 Å². The van der Waals surface area contributed by atoms with Crippen LogP contribution < -0.4 is 14.8 Å². The molecule has 142 valence electrons. The lowest BCUT2D eigenvalue weighted by molar-refractivity contribution is -0.122. The summed E-state index contributed by atoms with van der Waals surface area (Å²) in [5.41, 5.74) is 0.289. The second-order valence-corrected chi connectivity index (χ2v) is 8.81. The largest absolute Gasteiger partial charge is 0.454 e. The van der Waals surface area contributed by atoms with Crippen LogP contribution in [0.3, 0.4) is 0 Å². The van der Waals surface area contributed by atoms with Crippen molar-refractivity contribution in [2.75, 3.05) is 31.4 Å². The van der Waals surface area contributed by atoms with E-state index in [0.29, 0.717) is 24.5 Å². The number of nitrogens with zero attached hydrogens (tertiary/aromatic N) is 1. The van der Waals surface area contributed by atoms with Crippen LogP contribution in [0.2, 0.25) is 5.02 Å². The van der Waals surface area contributed by atoms with Crippen LogP contribution in [0.5, 0.6) is 11.5 Å². The van der Waals surface area contributed by atoms with Crippen molar-refractivity contribution in [3.05, 3.63) is 22.7 Å². The number of amides is 2. The lowest BCUT2D eigenvalue weighted by atomic mass is 10.1. The Kier molecular flexibility index (Phi) is 5.29. The van der Waals surface area contributed by atoms with Crippen LogP contribution in [0.4, 0.5) is 0 Å². The van der Waals surface area contributed by atoms with Gasteiger partial charge in [-0.05, 0) is 25.5 Å². The zero-order valence-electron chi connectivity index (χ0n) is 14.2. The number of halogens is 1. The number of fused-ring (bicyclic) bond motifs is 1. The standard InChI is InChI=1S/C16H19ClN2O6S/c1-2-19(7-14(20)18-11-3-4-26(22,23)8-11)16(21)10-5-12(17)15-13(6-10)24-9-25-15/h5-6,11H,2-4,7-9H2,1H3,(H,18,20)/t11-/m0/s1. The zero-order valence-corrected chi connectivity index (χ0v) is 15.7. The molecule has 3 rings (SSSR count). The van der Waals surface area contributed by atoms with Crippen molar-refractivity contribution < 1.29 is 27.5 Å². The molecule has 26 heavy (non-hydrogen) atoms. The Labute approximate surface area is 156 Å². The van der Waals surface area contributed by atoms with Crippen LogP contribution in [-0.2, 0) is 14.6 Å². The smallest absolute Gasteiger partial charge is 0.254 e. The fourth-order valence-electron chi connectivity index (χ4n) is 2.96. The second-order valence-electron chi connectivity index (χ2n) is 6.18. The van der Waals surface area contributed by atoms with Crippen LogP contribution in [-0.4, -0.2) is 62.6 Å². The maximum absolute atomic E-state index is 12.7.